The summed E-state index contributed by atoms with van der Waals surface area (Å²) >= 11 is 5.92. The molecule has 0 bridgehead atoms. The van der Waals surface area contributed by atoms with Crippen molar-refractivity contribution in [1.29, 1.82) is 0 Å². The van der Waals surface area contributed by atoms with Gasteiger partial charge in [-0.25, -0.2) is 8.42 Å². The molecule has 0 saturated carbocycles. The number of carbonyl (C=O) groups excluding carboxylic acids is 1. The number of sulfone groups is 1. The highest BCUT2D eigenvalue weighted by Crippen LogP contribution is 2.25. The van der Waals surface area contributed by atoms with Crippen LogP contribution in [0.3, 0.4) is 0 Å². The minimum atomic E-state index is -3.38. The lowest BCUT2D eigenvalue weighted by atomic mass is 10.1. The normalized spacial score (nSPS) is 11.7. The van der Waals surface area contributed by atoms with Crippen molar-refractivity contribution in [3.05, 3.63) is 28.8 Å². The van der Waals surface area contributed by atoms with Gasteiger partial charge in [0.15, 0.2) is 15.6 Å². The van der Waals surface area contributed by atoms with Crippen LogP contribution in [0, 0.1) is 5.92 Å². The standard InChI is InChI=1S/C14H19ClO4S/c1-10(2)6-7-20(17,18)9-13(16)11-4-5-14(19-3)12(15)8-11/h4-5,8,10H,6-7,9H2,1-3H3. The number of ether oxygens (including phenoxy) is 1. The maximum atomic E-state index is 12.0. The third-order valence-corrected chi connectivity index (χ3v) is 4.69. The highest BCUT2D eigenvalue weighted by molar-refractivity contribution is 7.92. The molecule has 0 radical (unpaired) electrons. The Labute approximate surface area is 125 Å². The Kier molecular flexibility index (Phi) is 6.02. The Morgan fingerprint density at radius 3 is 2.50 bits per heavy atom. The van der Waals surface area contributed by atoms with Crippen LogP contribution in [0.1, 0.15) is 30.6 Å². The van der Waals surface area contributed by atoms with E-state index in [0.29, 0.717) is 12.2 Å². The Balaban J connectivity index is 2.78. The third-order valence-electron chi connectivity index (χ3n) is 2.83. The second-order valence-electron chi connectivity index (χ2n) is 5.05. The molecule has 4 nitrogen and oxygen atoms in total. The molecule has 20 heavy (non-hydrogen) atoms. The lowest BCUT2D eigenvalue weighted by Crippen LogP contribution is -2.20. The number of Topliss-reactive ketones (excluding diaryl/α,β-unsaturated/α-hetero) is 1. The first-order valence-corrected chi connectivity index (χ1v) is 8.52. The summed E-state index contributed by atoms with van der Waals surface area (Å²) in [5, 5.41) is 0.290. The average Bonchev–Trinajstić information content (AvgIpc) is 2.36. The van der Waals surface area contributed by atoms with Crippen molar-refractivity contribution >= 4 is 27.2 Å². The monoisotopic (exact) mass is 318 g/mol. The van der Waals surface area contributed by atoms with Crippen molar-refractivity contribution in [1.82, 2.24) is 0 Å². The Morgan fingerprint density at radius 2 is 2.00 bits per heavy atom. The molecule has 0 amide bonds. The van der Waals surface area contributed by atoms with E-state index in [1.54, 1.807) is 6.07 Å². The molecule has 6 heteroatoms. The minimum absolute atomic E-state index is 0.0281. The maximum absolute atomic E-state index is 12.0. The number of ketones is 1. The summed E-state index contributed by atoms with van der Waals surface area (Å²) in [5.74, 6) is -0.164. The topological polar surface area (TPSA) is 60.4 Å². The van der Waals surface area contributed by atoms with Gasteiger partial charge in [-0.05, 0) is 30.5 Å². The Bertz CT molecular complexity index is 579. The molecule has 0 unspecified atom stereocenters. The summed E-state index contributed by atoms with van der Waals surface area (Å²) in [6.45, 7) is 3.89. The van der Waals surface area contributed by atoms with Crippen LogP contribution in [0.15, 0.2) is 18.2 Å². The van der Waals surface area contributed by atoms with Crippen molar-refractivity contribution in [2.45, 2.75) is 20.3 Å². The van der Waals surface area contributed by atoms with E-state index in [1.807, 2.05) is 13.8 Å². The van der Waals surface area contributed by atoms with E-state index in [4.69, 9.17) is 16.3 Å². The van der Waals surface area contributed by atoms with E-state index in [1.165, 1.54) is 19.2 Å². The zero-order valence-electron chi connectivity index (χ0n) is 11.8. The van der Waals surface area contributed by atoms with Gasteiger partial charge in [-0.15, -0.1) is 0 Å². The van der Waals surface area contributed by atoms with Crippen LogP contribution in [0.5, 0.6) is 5.75 Å². The molecular weight excluding hydrogens is 300 g/mol. The fourth-order valence-corrected chi connectivity index (χ4v) is 3.41. The number of carbonyl (C=O) groups is 1. The van der Waals surface area contributed by atoms with Crippen molar-refractivity contribution in [2.75, 3.05) is 18.6 Å². The fraction of sp³-hybridized carbons (Fsp3) is 0.500. The first-order valence-electron chi connectivity index (χ1n) is 6.32. The van der Waals surface area contributed by atoms with Crippen molar-refractivity contribution in [3.63, 3.8) is 0 Å². The molecule has 0 aromatic heterocycles. The average molecular weight is 319 g/mol. The molecule has 1 aromatic carbocycles. The molecule has 0 saturated heterocycles. The highest BCUT2D eigenvalue weighted by Gasteiger charge is 2.19. The Hall–Kier alpha value is -1.07. The summed E-state index contributed by atoms with van der Waals surface area (Å²) in [7, 11) is -1.91. The van der Waals surface area contributed by atoms with Crippen LogP contribution >= 0.6 is 11.6 Å². The molecule has 0 heterocycles. The van der Waals surface area contributed by atoms with Gasteiger partial charge in [0.05, 0.1) is 17.9 Å². The van der Waals surface area contributed by atoms with Gasteiger partial charge in [0, 0.05) is 5.56 Å². The van der Waals surface area contributed by atoms with E-state index in [2.05, 4.69) is 0 Å². The minimum Gasteiger partial charge on any atom is -0.495 e. The number of rotatable bonds is 7. The van der Waals surface area contributed by atoms with Gasteiger partial charge >= 0.3 is 0 Å². The SMILES string of the molecule is COc1ccc(C(=O)CS(=O)(=O)CCC(C)C)cc1Cl. The van der Waals surface area contributed by atoms with Crippen LogP contribution in [-0.4, -0.2) is 32.8 Å². The van der Waals surface area contributed by atoms with Gasteiger partial charge in [0.25, 0.3) is 0 Å². The van der Waals surface area contributed by atoms with Crippen molar-refractivity contribution < 1.29 is 17.9 Å². The van der Waals surface area contributed by atoms with E-state index in [9.17, 15) is 13.2 Å². The van der Waals surface area contributed by atoms with Gasteiger partial charge in [-0.1, -0.05) is 25.4 Å². The lowest BCUT2D eigenvalue weighted by molar-refractivity contribution is 0.102. The number of halogens is 1. The Morgan fingerprint density at radius 1 is 1.35 bits per heavy atom. The van der Waals surface area contributed by atoms with Gasteiger partial charge in [-0.3, -0.25) is 4.79 Å². The summed E-state index contributed by atoms with van der Waals surface area (Å²) in [5.41, 5.74) is 0.281. The molecule has 1 rings (SSSR count). The van der Waals surface area contributed by atoms with E-state index in [0.717, 1.165) is 0 Å². The second-order valence-corrected chi connectivity index (χ2v) is 7.64. The molecular formula is C14H19ClO4S. The lowest BCUT2D eigenvalue weighted by Gasteiger charge is -2.07. The summed E-state index contributed by atoms with van der Waals surface area (Å²) in [6, 6.07) is 4.50. The summed E-state index contributed by atoms with van der Waals surface area (Å²) < 4.78 is 28.7. The first kappa shape index (κ1) is 17.0. The van der Waals surface area contributed by atoms with Crippen LogP contribution < -0.4 is 4.74 Å². The van der Waals surface area contributed by atoms with Crippen LogP contribution in [0.25, 0.3) is 0 Å². The number of methoxy groups -OCH3 is 1. The number of benzene rings is 1. The van der Waals surface area contributed by atoms with E-state index < -0.39 is 21.4 Å². The summed E-state index contributed by atoms with van der Waals surface area (Å²) in [4.78, 5) is 12.0. The summed E-state index contributed by atoms with van der Waals surface area (Å²) in [6.07, 6.45) is 0.555. The van der Waals surface area contributed by atoms with E-state index >= 15 is 0 Å². The molecule has 0 atom stereocenters. The van der Waals surface area contributed by atoms with Gasteiger partial charge in [0.2, 0.25) is 0 Å². The highest BCUT2D eigenvalue weighted by atomic mass is 35.5. The van der Waals surface area contributed by atoms with Crippen molar-refractivity contribution in [2.24, 2.45) is 5.92 Å². The zero-order chi connectivity index (χ0) is 15.3. The van der Waals surface area contributed by atoms with Crippen LogP contribution in [-0.2, 0) is 9.84 Å². The molecule has 1 aromatic rings. The van der Waals surface area contributed by atoms with Crippen LogP contribution in [0.2, 0.25) is 5.02 Å². The quantitative estimate of drug-likeness (QED) is 0.725. The molecule has 0 fully saturated rings. The van der Waals surface area contributed by atoms with Gasteiger partial charge in [-0.2, -0.15) is 0 Å². The van der Waals surface area contributed by atoms with E-state index in [-0.39, 0.29) is 22.3 Å². The van der Waals surface area contributed by atoms with Gasteiger partial charge in [0.1, 0.15) is 11.5 Å². The molecule has 0 aliphatic heterocycles. The second kappa shape index (κ2) is 7.09. The predicted molar refractivity (Wildman–Crippen MR) is 80.4 cm³/mol. The number of hydrogen-bond donors (Lipinski definition) is 0. The third kappa shape index (κ3) is 5.13. The predicted octanol–water partition coefficient (Wildman–Crippen LogP) is 2.99. The fourth-order valence-electron chi connectivity index (χ4n) is 1.61. The first-order chi connectivity index (χ1) is 9.25. The zero-order valence-corrected chi connectivity index (χ0v) is 13.4. The molecule has 112 valence electrons. The molecule has 0 spiro atoms. The van der Waals surface area contributed by atoms with Crippen LogP contribution in [0.4, 0.5) is 0 Å². The molecule has 0 aliphatic carbocycles. The van der Waals surface area contributed by atoms with Gasteiger partial charge < -0.3 is 4.74 Å². The molecule has 0 N–H and O–H groups in total. The number of hydrogen-bond acceptors (Lipinski definition) is 4. The molecule has 0 aliphatic rings. The maximum Gasteiger partial charge on any atom is 0.177 e. The smallest absolute Gasteiger partial charge is 0.177 e. The largest absolute Gasteiger partial charge is 0.495 e. The van der Waals surface area contributed by atoms with Crippen molar-refractivity contribution in [3.8, 4) is 5.75 Å².